The van der Waals surface area contributed by atoms with Crippen LogP contribution in [0.3, 0.4) is 0 Å². The maximum Gasteiger partial charge on any atom is 0.251 e. The van der Waals surface area contributed by atoms with E-state index in [1.165, 1.54) is 0 Å². The molecule has 0 spiro atoms. The van der Waals surface area contributed by atoms with E-state index in [4.69, 9.17) is 4.74 Å². The van der Waals surface area contributed by atoms with Gasteiger partial charge >= 0.3 is 0 Å². The number of amides is 1. The third-order valence-corrected chi connectivity index (χ3v) is 4.10. The summed E-state index contributed by atoms with van der Waals surface area (Å²) in [6, 6.07) is 15.7. The van der Waals surface area contributed by atoms with Crippen LogP contribution in [0.4, 0.5) is 0 Å². The first kappa shape index (κ1) is 21.3. The van der Waals surface area contributed by atoms with Crippen molar-refractivity contribution in [2.45, 2.75) is 26.8 Å². The molecule has 0 aliphatic carbocycles. The molecule has 150 valence electrons. The van der Waals surface area contributed by atoms with E-state index < -0.39 is 0 Å². The van der Waals surface area contributed by atoms with Gasteiger partial charge in [0, 0.05) is 25.7 Å². The maximum atomic E-state index is 11.8. The molecule has 28 heavy (non-hydrogen) atoms. The molecule has 2 aromatic carbocycles. The lowest BCUT2D eigenvalue weighted by atomic mass is 10.1. The fourth-order valence-electron chi connectivity index (χ4n) is 2.75. The summed E-state index contributed by atoms with van der Waals surface area (Å²) in [6.45, 7) is 6.75. The van der Waals surface area contributed by atoms with E-state index in [1.807, 2.05) is 62.4 Å². The number of nitrogens with one attached hydrogen (secondary N) is 3. The molecular weight excluding hydrogens is 352 g/mol. The minimum absolute atomic E-state index is 0.0704. The van der Waals surface area contributed by atoms with Crippen LogP contribution < -0.4 is 20.7 Å². The summed E-state index contributed by atoms with van der Waals surface area (Å²) >= 11 is 0. The summed E-state index contributed by atoms with van der Waals surface area (Å²) < 4.78 is 5.54. The molecule has 0 saturated carbocycles. The first-order chi connectivity index (χ1) is 13.7. The number of rotatable bonds is 9. The standard InChI is InChI=1S/C22H30N4O2/c1-4-24-22(26-16-18-9-7-11-20(15-18)28-5-2)25-13-12-17-8-6-10-19(14-17)21(27)23-3/h6-11,14-15H,4-5,12-13,16H2,1-3H3,(H,23,27)(H2,24,25,26). The Balaban J connectivity index is 1.93. The molecule has 0 unspecified atom stereocenters. The number of nitrogens with zero attached hydrogens (tertiary/aromatic N) is 1. The highest BCUT2D eigenvalue weighted by molar-refractivity contribution is 5.94. The van der Waals surface area contributed by atoms with E-state index in [0.29, 0.717) is 18.7 Å². The lowest BCUT2D eigenvalue weighted by Gasteiger charge is -2.12. The molecular formula is C22H30N4O2. The van der Waals surface area contributed by atoms with Gasteiger partial charge in [0.15, 0.2) is 5.96 Å². The zero-order valence-electron chi connectivity index (χ0n) is 16.9. The summed E-state index contributed by atoms with van der Waals surface area (Å²) in [4.78, 5) is 16.4. The number of carbonyl (C=O) groups excluding carboxylic acids is 1. The smallest absolute Gasteiger partial charge is 0.251 e. The molecule has 0 saturated heterocycles. The molecule has 3 N–H and O–H groups in total. The van der Waals surface area contributed by atoms with Gasteiger partial charge in [0.2, 0.25) is 0 Å². The number of guanidine groups is 1. The van der Waals surface area contributed by atoms with Crippen molar-refractivity contribution in [1.82, 2.24) is 16.0 Å². The van der Waals surface area contributed by atoms with Gasteiger partial charge in [-0.15, -0.1) is 0 Å². The van der Waals surface area contributed by atoms with E-state index in [2.05, 4.69) is 20.9 Å². The van der Waals surface area contributed by atoms with Gasteiger partial charge in [0.1, 0.15) is 5.75 Å². The average Bonchev–Trinajstić information content (AvgIpc) is 2.72. The van der Waals surface area contributed by atoms with Crippen molar-refractivity contribution in [2.24, 2.45) is 4.99 Å². The van der Waals surface area contributed by atoms with E-state index in [0.717, 1.165) is 42.3 Å². The van der Waals surface area contributed by atoms with E-state index in [1.54, 1.807) is 7.05 Å². The minimum Gasteiger partial charge on any atom is -0.494 e. The van der Waals surface area contributed by atoms with Crippen LogP contribution in [0.5, 0.6) is 5.75 Å². The van der Waals surface area contributed by atoms with Crippen LogP contribution >= 0.6 is 0 Å². The second-order valence-electron chi connectivity index (χ2n) is 6.23. The van der Waals surface area contributed by atoms with Crippen molar-refractivity contribution < 1.29 is 9.53 Å². The minimum atomic E-state index is -0.0704. The van der Waals surface area contributed by atoms with Gasteiger partial charge in [0.05, 0.1) is 13.2 Å². The molecule has 0 aliphatic heterocycles. The Morgan fingerprint density at radius 1 is 1.04 bits per heavy atom. The first-order valence-corrected chi connectivity index (χ1v) is 9.71. The van der Waals surface area contributed by atoms with E-state index in [9.17, 15) is 4.79 Å². The Morgan fingerprint density at radius 2 is 1.82 bits per heavy atom. The van der Waals surface area contributed by atoms with E-state index >= 15 is 0 Å². The maximum absolute atomic E-state index is 11.8. The Hall–Kier alpha value is -3.02. The van der Waals surface area contributed by atoms with Crippen LogP contribution in [-0.4, -0.2) is 38.6 Å². The van der Waals surface area contributed by atoms with Crippen LogP contribution in [0.2, 0.25) is 0 Å². The van der Waals surface area contributed by atoms with Gasteiger partial charge < -0.3 is 20.7 Å². The summed E-state index contributed by atoms with van der Waals surface area (Å²) in [7, 11) is 1.64. The van der Waals surface area contributed by atoms with Crippen molar-refractivity contribution in [1.29, 1.82) is 0 Å². The summed E-state index contributed by atoms with van der Waals surface area (Å²) in [5.74, 6) is 1.56. The van der Waals surface area contributed by atoms with Gasteiger partial charge in [-0.2, -0.15) is 0 Å². The lowest BCUT2D eigenvalue weighted by molar-refractivity contribution is 0.0963. The fourth-order valence-corrected chi connectivity index (χ4v) is 2.75. The van der Waals surface area contributed by atoms with Gasteiger partial charge in [-0.25, -0.2) is 4.99 Å². The van der Waals surface area contributed by atoms with Gasteiger partial charge in [-0.3, -0.25) is 4.79 Å². The molecule has 0 heterocycles. The normalized spacial score (nSPS) is 11.0. The molecule has 0 radical (unpaired) electrons. The Kier molecular flexibility index (Phi) is 8.85. The molecule has 0 aliphatic rings. The number of ether oxygens (including phenoxy) is 1. The highest BCUT2D eigenvalue weighted by atomic mass is 16.5. The predicted octanol–water partition coefficient (Wildman–Crippen LogP) is 2.74. The second kappa shape index (κ2) is 11.6. The largest absolute Gasteiger partial charge is 0.494 e. The third-order valence-electron chi connectivity index (χ3n) is 4.10. The van der Waals surface area contributed by atoms with Crippen LogP contribution in [0, 0.1) is 0 Å². The zero-order valence-corrected chi connectivity index (χ0v) is 16.9. The summed E-state index contributed by atoms with van der Waals surface area (Å²) in [5, 5.41) is 9.26. The number of benzene rings is 2. The number of hydrogen-bond donors (Lipinski definition) is 3. The number of carbonyl (C=O) groups is 1. The van der Waals surface area contributed by atoms with Crippen molar-refractivity contribution in [3.63, 3.8) is 0 Å². The zero-order chi connectivity index (χ0) is 20.2. The second-order valence-corrected chi connectivity index (χ2v) is 6.23. The van der Waals surface area contributed by atoms with Crippen molar-refractivity contribution in [3.8, 4) is 5.75 Å². The third kappa shape index (κ3) is 6.95. The predicted molar refractivity (Wildman–Crippen MR) is 114 cm³/mol. The molecule has 2 aromatic rings. The molecule has 0 atom stereocenters. The van der Waals surface area contributed by atoms with Crippen LogP contribution in [0.15, 0.2) is 53.5 Å². The summed E-state index contributed by atoms with van der Waals surface area (Å²) in [6.07, 6.45) is 0.801. The molecule has 6 nitrogen and oxygen atoms in total. The molecule has 0 bridgehead atoms. The Bertz CT molecular complexity index is 790. The van der Waals surface area contributed by atoms with Crippen molar-refractivity contribution >= 4 is 11.9 Å². The molecule has 1 amide bonds. The lowest BCUT2D eigenvalue weighted by Crippen LogP contribution is -2.38. The molecule has 0 fully saturated rings. The number of aliphatic imine (C=N–C) groups is 1. The summed E-state index contributed by atoms with van der Waals surface area (Å²) in [5.41, 5.74) is 2.88. The van der Waals surface area contributed by atoms with E-state index in [-0.39, 0.29) is 5.91 Å². The number of hydrogen-bond acceptors (Lipinski definition) is 3. The first-order valence-electron chi connectivity index (χ1n) is 9.71. The Morgan fingerprint density at radius 3 is 2.57 bits per heavy atom. The van der Waals surface area contributed by atoms with Crippen LogP contribution in [0.25, 0.3) is 0 Å². The average molecular weight is 383 g/mol. The highest BCUT2D eigenvalue weighted by Gasteiger charge is 2.04. The fraction of sp³-hybridized carbons (Fsp3) is 0.364. The van der Waals surface area contributed by atoms with Gasteiger partial charge in [-0.1, -0.05) is 24.3 Å². The van der Waals surface area contributed by atoms with Crippen molar-refractivity contribution in [3.05, 3.63) is 65.2 Å². The van der Waals surface area contributed by atoms with Gasteiger partial charge in [-0.05, 0) is 55.7 Å². The van der Waals surface area contributed by atoms with Crippen LogP contribution in [-0.2, 0) is 13.0 Å². The molecule has 6 heteroatoms. The Labute approximate surface area is 167 Å². The topological polar surface area (TPSA) is 74.8 Å². The van der Waals surface area contributed by atoms with Crippen LogP contribution in [0.1, 0.15) is 35.3 Å². The highest BCUT2D eigenvalue weighted by Crippen LogP contribution is 2.14. The van der Waals surface area contributed by atoms with Gasteiger partial charge in [0.25, 0.3) is 5.91 Å². The molecule has 0 aromatic heterocycles. The SMILES string of the molecule is CCNC(=NCc1cccc(OCC)c1)NCCc1cccc(C(=O)NC)c1. The van der Waals surface area contributed by atoms with Crippen molar-refractivity contribution in [2.75, 3.05) is 26.7 Å². The quantitative estimate of drug-likeness (QED) is 0.460. The monoisotopic (exact) mass is 382 g/mol. The molecule has 2 rings (SSSR count).